The predicted molar refractivity (Wildman–Crippen MR) is 213 cm³/mol. The molecule has 4 aromatic heterocycles. The predicted octanol–water partition coefficient (Wildman–Crippen LogP) is 12.3. The van der Waals surface area contributed by atoms with E-state index in [0.29, 0.717) is 0 Å². The van der Waals surface area contributed by atoms with Crippen LogP contribution in [0, 0.1) is 0 Å². The van der Waals surface area contributed by atoms with E-state index in [0.717, 1.165) is 0 Å². The van der Waals surface area contributed by atoms with E-state index in [2.05, 4.69) is 179 Å². The van der Waals surface area contributed by atoms with Crippen LogP contribution < -0.4 is 0 Å². The molecule has 12 aromatic rings. The Morgan fingerprint density at radius 1 is 0.333 bits per heavy atom. The Balaban J connectivity index is 1.36. The molecule has 0 spiro atoms. The standard InChI is InChI=1S/C49H28N2/c1-3-15-29(16-4-1)49(30-17-5-2-6-18-30)37-23-11-7-20-32(37)43-38(49)27-36-44-42(51-41-26-14-9-21-33(41)45(43)48(36)51)28-35-31-19-8-12-24-39(31)50-40-25-13-10-22-34(40)46(44)47(35)50/h1-28H. The Labute approximate surface area is 292 Å². The quantitative estimate of drug-likeness (QED) is 0.177. The molecule has 2 heteroatoms. The lowest BCUT2D eigenvalue weighted by molar-refractivity contribution is 0.770. The first kappa shape index (κ1) is 26.3. The minimum Gasteiger partial charge on any atom is -0.308 e. The number of benzene rings is 8. The Morgan fingerprint density at radius 2 is 0.843 bits per heavy atom. The van der Waals surface area contributed by atoms with Gasteiger partial charge < -0.3 is 8.80 Å². The molecule has 8 aromatic carbocycles. The van der Waals surface area contributed by atoms with E-state index >= 15 is 0 Å². The van der Waals surface area contributed by atoms with Crippen LogP contribution in [0.3, 0.4) is 0 Å². The van der Waals surface area contributed by atoms with Gasteiger partial charge in [-0.2, -0.15) is 0 Å². The zero-order valence-electron chi connectivity index (χ0n) is 27.6. The van der Waals surface area contributed by atoms with Gasteiger partial charge in [-0.1, -0.05) is 140 Å². The highest BCUT2D eigenvalue weighted by atomic mass is 14.9. The summed E-state index contributed by atoms with van der Waals surface area (Å²) in [6, 6.07) is 63.7. The molecule has 0 unspecified atom stereocenters. The van der Waals surface area contributed by atoms with Gasteiger partial charge in [0.25, 0.3) is 0 Å². The van der Waals surface area contributed by atoms with E-state index < -0.39 is 5.41 Å². The van der Waals surface area contributed by atoms with Crippen molar-refractivity contribution >= 4 is 76.2 Å². The van der Waals surface area contributed by atoms with Gasteiger partial charge in [0.15, 0.2) is 0 Å². The maximum Gasteiger partial charge on any atom is 0.0714 e. The summed E-state index contributed by atoms with van der Waals surface area (Å²) in [6.45, 7) is 0. The summed E-state index contributed by atoms with van der Waals surface area (Å²) in [6.07, 6.45) is 0. The number of aromatic nitrogens is 2. The second kappa shape index (κ2) is 8.93. The van der Waals surface area contributed by atoms with Crippen LogP contribution in [0.1, 0.15) is 22.3 Å². The summed E-state index contributed by atoms with van der Waals surface area (Å²) in [5.41, 5.74) is 15.2. The fourth-order valence-corrected chi connectivity index (χ4v) is 10.5. The van der Waals surface area contributed by atoms with Gasteiger partial charge in [0.05, 0.1) is 38.5 Å². The van der Waals surface area contributed by atoms with Gasteiger partial charge in [-0.05, 0) is 63.7 Å². The topological polar surface area (TPSA) is 8.82 Å². The summed E-state index contributed by atoms with van der Waals surface area (Å²) in [5.74, 6) is 0. The van der Waals surface area contributed by atoms with Crippen molar-refractivity contribution in [2.24, 2.45) is 0 Å². The summed E-state index contributed by atoms with van der Waals surface area (Å²) in [5, 5.41) is 10.6. The summed E-state index contributed by atoms with van der Waals surface area (Å²) >= 11 is 0. The van der Waals surface area contributed by atoms with Crippen molar-refractivity contribution in [2.45, 2.75) is 5.41 Å². The lowest BCUT2D eigenvalue weighted by Crippen LogP contribution is -2.28. The second-order valence-electron chi connectivity index (χ2n) is 14.4. The van der Waals surface area contributed by atoms with Gasteiger partial charge in [0, 0.05) is 43.1 Å². The molecule has 0 saturated carbocycles. The average molecular weight is 645 g/mol. The molecule has 0 saturated heterocycles. The van der Waals surface area contributed by atoms with E-state index in [1.165, 1.54) is 110 Å². The SMILES string of the molecule is c1ccc(C2(c3ccccc3)c3ccccc3-c3c2cc2c4c5c6ccccc6n6c7ccccc7c(cc4n4c7ccccc7c3c24)c56)cc1. The van der Waals surface area contributed by atoms with Gasteiger partial charge in [-0.15, -0.1) is 0 Å². The molecule has 0 atom stereocenters. The minimum atomic E-state index is -0.484. The van der Waals surface area contributed by atoms with Crippen molar-refractivity contribution in [3.05, 3.63) is 192 Å². The number of fused-ring (bicyclic) bond motifs is 17. The summed E-state index contributed by atoms with van der Waals surface area (Å²) in [4.78, 5) is 0. The number of nitrogens with zero attached hydrogens (tertiary/aromatic N) is 2. The third-order valence-corrected chi connectivity index (χ3v) is 12.2. The normalized spacial score (nSPS) is 14.0. The molecule has 0 bridgehead atoms. The first-order chi connectivity index (χ1) is 25.4. The third kappa shape index (κ3) is 2.85. The van der Waals surface area contributed by atoms with Crippen LogP contribution in [0.15, 0.2) is 170 Å². The van der Waals surface area contributed by atoms with Gasteiger partial charge in [-0.25, -0.2) is 0 Å². The highest BCUT2D eigenvalue weighted by Crippen LogP contribution is 2.61. The first-order valence-corrected chi connectivity index (χ1v) is 17.9. The molecule has 1 aliphatic carbocycles. The largest absolute Gasteiger partial charge is 0.308 e. The van der Waals surface area contributed by atoms with Crippen molar-refractivity contribution in [3.8, 4) is 11.1 Å². The maximum absolute atomic E-state index is 2.59. The number of para-hydroxylation sites is 3. The molecule has 13 rings (SSSR count). The van der Waals surface area contributed by atoms with Gasteiger partial charge in [-0.3, -0.25) is 0 Å². The van der Waals surface area contributed by atoms with Gasteiger partial charge >= 0.3 is 0 Å². The van der Waals surface area contributed by atoms with Crippen molar-refractivity contribution in [3.63, 3.8) is 0 Å². The zero-order chi connectivity index (χ0) is 33.0. The Kier molecular flexibility index (Phi) is 4.60. The summed E-state index contributed by atoms with van der Waals surface area (Å²) in [7, 11) is 0. The molecule has 51 heavy (non-hydrogen) atoms. The molecular formula is C49H28N2. The molecular weight excluding hydrogens is 617 g/mol. The fraction of sp³-hybridized carbons (Fsp3) is 0.0204. The second-order valence-corrected chi connectivity index (χ2v) is 14.4. The van der Waals surface area contributed by atoms with Gasteiger partial charge in [0.1, 0.15) is 0 Å². The smallest absolute Gasteiger partial charge is 0.0714 e. The molecule has 0 N–H and O–H groups in total. The molecule has 234 valence electrons. The summed E-state index contributed by atoms with van der Waals surface area (Å²) < 4.78 is 5.10. The van der Waals surface area contributed by atoms with Gasteiger partial charge in [0.2, 0.25) is 0 Å². The van der Waals surface area contributed by atoms with Crippen molar-refractivity contribution in [1.29, 1.82) is 0 Å². The molecule has 0 fully saturated rings. The number of rotatable bonds is 2. The lowest BCUT2D eigenvalue weighted by atomic mass is 9.67. The van der Waals surface area contributed by atoms with Crippen molar-refractivity contribution in [1.82, 2.24) is 8.80 Å². The Bertz CT molecular complexity index is 3360. The highest BCUT2D eigenvalue weighted by Gasteiger charge is 2.47. The lowest BCUT2D eigenvalue weighted by Gasteiger charge is -2.34. The van der Waals surface area contributed by atoms with E-state index in [-0.39, 0.29) is 0 Å². The zero-order valence-corrected chi connectivity index (χ0v) is 27.6. The van der Waals surface area contributed by atoms with Crippen LogP contribution in [0.2, 0.25) is 0 Å². The molecule has 0 radical (unpaired) electrons. The van der Waals surface area contributed by atoms with Crippen molar-refractivity contribution in [2.75, 3.05) is 0 Å². The van der Waals surface area contributed by atoms with Crippen LogP contribution in [-0.2, 0) is 5.41 Å². The van der Waals surface area contributed by atoms with E-state index in [9.17, 15) is 0 Å². The number of hydrogen-bond acceptors (Lipinski definition) is 0. The molecule has 1 aliphatic rings. The first-order valence-electron chi connectivity index (χ1n) is 17.9. The van der Waals surface area contributed by atoms with Crippen LogP contribution in [-0.4, -0.2) is 8.80 Å². The minimum absolute atomic E-state index is 0.484. The van der Waals surface area contributed by atoms with E-state index in [1.807, 2.05) is 0 Å². The average Bonchev–Trinajstić information content (AvgIpc) is 3.97. The molecule has 0 amide bonds. The van der Waals surface area contributed by atoms with Crippen LogP contribution in [0.4, 0.5) is 0 Å². The maximum atomic E-state index is 2.59. The third-order valence-electron chi connectivity index (χ3n) is 12.2. The number of hydrogen-bond donors (Lipinski definition) is 0. The molecule has 0 aliphatic heterocycles. The van der Waals surface area contributed by atoms with Crippen LogP contribution in [0.25, 0.3) is 87.3 Å². The highest BCUT2D eigenvalue weighted by molar-refractivity contribution is 6.39. The van der Waals surface area contributed by atoms with Crippen LogP contribution in [0.5, 0.6) is 0 Å². The van der Waals surface area contributed by atoms with Crippen molar-refractivity contribution < 1.29 is 0 Å². The Hall–Kier alpha value is -6.64. The fourth-order valence-electron chi connectivity index (χ4n) is 10.5. The van der Waals surface area contributed by atoms with E-state index in [1.54, 1.807) is 0 Å². The molecule has 4 heterocycles. The monoisotopic (exact) mass is 644 g/mol. The van der Waals surface area contributed by atoms with E-state index in [4.69, 9.17) is 0 Å². The van der Waals surface area contributed by atoms with Crippen LogP contribution >= 0.6 is 0 Å². The Morgan fingerprint density at radius 3 is 1.53 bits per heavy atom. The molecule has 2 nitrogen and oxygen atoms in total.